The number of hydrogen-bond acceptors (Lipinski definition) is 3. The first-order valence-electron chi connectivity index (χ1n) is 5.95. The maximum Gasteiger partial charge on any atom is 0.251 e. The molecule has 17 heavy (non-hydrogen) atoms. The number of rotatable bonds is 3. The molecular weight excluding hydrogens is 214 g/mol. The predicted molar refractivity (Wildman–Crippen MR) is 67.7 cm³/mol. The number of hydrogen-bond donors (Lipinski definition) is 2. The van der Waals surface area contributed by atoms with E-state index in [1.165, 1.54) is 12.8 Å². The SMILES string of the molecule is Cc1cc(C(=O)NC(C)(C)C2CC2)cc(N)n1. The maximum atomic E-state index is 12.1. The molecule has 1 fully saturated rings. The summed E-state index contributed by atoms with van der Waals surface area (Å²) in [6, 6.07) is 3.37. The number of nitrogen functional groups attached to an aromatic ring is 1. The zero-order valence-electron chi connectivity index (χ0n) is 10.6. The molecule has 1 aliphatic rings. The van der Waals surface area contributed by atoms with E-state index in [1.54, 1.807) is 12.1 Å². The first-order valence-corrected chi connectivity index (χ1v) is 5.95. The Morgan fingerprint density at radius 2 is 2.12 bits per heavy atom. The summed E-state index contributed by atoms with van der Waals surface area (Å²) in [5, 5.41) is 3.07. The van der Waals surface area contributed by atoms with Crippen LogP contribution in [-0.4, -0.2) is 16.4 Å². The van der Waals surface area contributed by atoms with Crippen LogP contribution in [-0.2, 0) is 0 Å². The molecule has 0 spiro atoms. The van der Waals surface area contributed by atoms with Crippen LogP contribution in [0.4, 0.5) is 5.82 Å². The van der Waals surface area contributed by atoms with Crippen LogP contribution >= 0.6 is 0 Å². The number of carbonyl (C=O) groups is 1. The number of nitrogens with two attached hydrogens (primary N) is 1. The van der Waals surface area contributed by atoms with Crippen LogP contribution in [0.25, 0.3) is 0 Å². The molecule has 92 valence electrons. The molecule has 0 atom stereocenters. The van der Waals surface area contributed by atoms with E-state index in [-0.39, 0.29) is 11.4 Å². The average Bonchev–Trinajstić information content (AvgIpc) is 2.98. The second-order valence-corrected chi connectivity index (χ2v) is 5.37. The predicted octanol–water partition coefficient (Wildman–Crippen LogP) is 1.89. The molecule has 1 saturated carbocycles. The van der Waals surface area contributed by atoms with Crippen molar-refractivity contribution in [1.29, 1.82) is 0 Å². The molecule has 0 bridgehead atoms. The van der Waals surface area contributed by atoms with Gasteiger partial charge in [-0.2, -0.15) is 0 Å². The van der Waals surface area contributed by atoms with Crippen molar-refractivity contribution in [2.24, 2.45) is 5.92 Å². The molecule has 0 radical (unpaired) electrons. The Balaban J connectivity index is 2.14. The van der Waals surface area contributed by atoms with Crippen LogP contribution in [0.15, 0.2) is 12.1 Å². The second-order valence-electron chi connectivity index (χ2n) is 5.37. The molecule has 1 aromatic heterocycles. The quantitative estimate of drug-likeness (QED) is 0.837. The largest absolute Gasteiger partial charge is 0.384 e. The molecule has 1 amide bonds. The first kappa shape index (κ1) is 11.9. The fourth-order valence-electron chi connectivity index (χ4n) is 2.10. The van der Waals surface area contributed by atoms with Crippen molar-refractivity contribution < 1.29 is 4.79 Å². The highest BCUT2D eigenvalue weighted by atomic mass is 16.1. The highest BCUT2D eigenvalue weighted by Crippen LogP contribution is 2.39. The number of aromatic nitrogens is 1. The summed E-state index contributed by atoms with van der Waals surface area (Å²) in [5.74, 6) is 0.921. The fourth-order valence-corrected chi connectivity index (χ4v) is 2.10. The van der Waals surface area contributed by atoms with Gasteiger partial charge in [-0.05, 0) is 51.7 Å². The normalized spacial score (nSPS) is 15.7. The number of nitrogens with one attached hydrogen (secondary N) is 1. The van der Waals surface area contributed by atoms with E-state index in [9.17, 15) is 4.79 Å². The highest BCUT2D eigenvalue weighted by molar-refractivity contribution is 5.95. The smallest absolute Gasteiger partial charge is 0.251 e. The van der Waals surface area contributed by atoms with Gasteiger partial charge in [0.15, 0.2) is 0 Å². The van der Waals surface area contributed by atoms with Crippen LogP contribution in [0.2, 0.25) is 0 Å². The van der Waals surface area contributed by atoms with Crippen LogP contribution in [0.1, 0.15) is 42.7 Å². The molecule has 1 heterocycles. The van der Waals surface area contributed by atoms with Gasteiger partial charge in [0.2, 0.25) is 0 Å². The minimum atomic E-state index is -0.136. The van der Waals surface area contributed by atoms with Crippen LogP contribution in [0, 0.1) is 12.8 Å². The Morgan fingerprint density at radius 3 is 2.65 bits per heavy atom. The van der Waals surface area contributed by atoms with E-state index < -0.39 is 0 Å². The van der Waals surface area contributed by atoms with Gasteiger partial charge in [0.1, 0.15) is 5.82 Å². The molecule has 1 aliphatic carbocycles. The molecular formula is C13H19N3O. The molecule has 4 nitrogen and oxygen atoms in total. The lowest BCUT2D eigenvalue weighted by molar-refractivity contribution is 0.0903. The Hall–Kier alpha value is -1.58. The van der Waals surface area contributed by atoms with Gasteiger partial charge in [-0.1, -0.05) is 0 Å². The fraction of sp³-hybridized carbons (Fsp3) is 0.538. The number of carbonyl (C=O) groups excluding carboxylic acids is 1. The Labute approximate surface area is 102 Å². The summed E-state index contributed by atoms with van der Waals surface area (Å²) < 4.78 is 0. The molecule has 4 heteroatoms. The Kier molecular flexibility index (Phi) is 2.81. The number of pyridine rings is 1. The topological polar surface area (TPSA) is 68.0 Å². The standard InChI is InChI=1S/C13H19N3O/c1-8-6-9(7-11(14)15-8)12(17)16-13(2,3)10-4-5-10/h6-7,10H,4-5H2,1-3H3,(H2,14,15)(H,16,17). The van der Waals surface area contributed by atoms with Gasteiger partial charge in [0, 0.05) is 16.8 Å². The van der Waals surface area contributed by atoms with E-state index in [0.29, 0.717) is 17.3 Å². The van der Waals surface area contributed by atoms with Gasteiger partial charge in [-0.15, -0.1) is 0 Å². The van der Waals surface area contributed by atoms with E-state index in [1.807, 2.05) is 6.92 Å². The maximum absolute atomic E-state index is 12.1. The van der Waals surface area contributed by atoms with E-state index >= 15 is 0 Å². The monoisotopic (exact) mass is 233 g/mol. The van der Waals surface area contributed by atoms with Crippen LogP contribution < -0.4 is 11.1 Å². The van der Waals surface area contributed by atoms with Crippen molar-refractivity contribution in [2.45, 2.75) is 39.2 Å². The zero-order chi connectivity index (χ0) is 12.6. The van der Waals surface area contributed by atoms with Gasteiger partial charge < -0.3 is 11.1 Å². The second kappa shape index (κ2) is 4.02. The summed E-state index contributed by atoms with van der Waals surface area (Å²) >= 11 is 0. The first-order chi connectivity index (χ1) is 7.88. The summed E-state index contributed by atoms with van der Waals surface area (Å²) in [4.78, 5) is 16.2. The van der Waals surface area contributed by atoms with Gasteiger partial charge in [-0.25, -0.2) is 4.98 Å². The average molecular weight is 233 g/mol. The van der Waals surface area contributed by atoms with E-state index in [4.69, 9.17) is 5.73 Å². The molecule has 1 aromatic rings. The highest BCUT2D eigenvalue weighted by Gasteiger charge is 2.38. The lowest BCUT2D eigenvalue weighted by Gasteiger charge is -2.26. The third-order valence-electron chi connectivity index (χ3n) is 3.27. The molecule has 0 saturated heterocycles. The van der Waals surface area contributed by atoms with Gasteiger partial charge >= 0.3 is 0 Å². The lowest BCUT2D eigenvalue weighted by atomic mass is 9.98. The van der Waals surface area contributed by atoms with Crippen LogP contribution in [0.5, 0.6) is 0 Å². The van der Waals surface area contributed by atoms with Crippen LogP contribution in [0.3, 0.4) is 0 Å². The van der Waals surface area contributed by atoms with Crippen molar-refractivity contribution >= 4 is 11.7 Å². The van der Waals surface area contributed by atoms with E-state index in [2.05, 4.69) is 24.1 Å². The van der Waals surface area contributed by atoms with Gasteiger partial charge in [0.25, 0.3) is 5.91 Å². The van der Waals surface area contributed by atoms with Gasteiger partial charge in [-0.3, -0.25) is 4.79 Å². The van der Waals surface area contributed by atoms with Crippen molar-refractivity contribution in [1.82, 2.24) is 10.3 Å². The summed E-state index contributed by atoms with van der Waals surface area (Å²) in [6.45, 7) is 5.97. The van der Waals surface area contributed by atoms with Crippen molar-refractivity contribution in [3.63, 3.8) is 0 Å². The van der Waals surface area contributed by atoms with Crippen molar-refractivity contribution in [3.8, 4) is 0 Å². The Bertz CT molecular complexity index is 430. The van der Waals surface area contributed by atoms with Crippen molar-refractivity contribution in [3.05, 3.63) is 23.4 Å². The molecule has 3 N–H and O–H groups in total. The summed E-state index contributed by atoms with van der Waals surface area (Å²) in [5.41, 5.74) is 6.86. The number of nitrogens with zero attached hydrogens (tertiary/aromatic N) is 1. The number of aryl methyl sites for hydroxylation is 1. The summed E-state index contributed by atoms with van der Waals surface area (Å²) in [7, 11) is 0. The lowest BCUT2D eigenvalue weighted by Crippen LogP contribution is -2.45. The zero-order valence-corrected chi connectivity index (χ0v) is 10.6. The van der Waals surface area contributed by atoms with Crippen molar-refractivity contribution in [2.75, 3.05) is 5.73 Å². The molecule has 0 aromatic carbocycles. The van der Waals surface area contributed by atoms with Gasteiger partial charge in [0.05, 0.1) is 0 Å². The Morgan fingerprint density at radius 1 is 1.47 bits per heavy atom. The third kappa shape index (κ3) is 2.75. The minimum absolute atomic E-state index is 0.0703. The number of amides is 1. The summed E-state index contributed by atoms with van der Waals surface area (Å²) in [6.07, 6.45) is 2.40. The molecule has 0 unspecified atom stereocenters. The molecule has 2 rings (SSSR count). The van der Waals surface area contributed by atoms with E-state index in [0.717, 1.165) is 5.69 Å². The third-order valence-corrected chi connectivity index (χ3v) is 3.27. The minimum Gasteiger partial charge on any atom is -0.384 e. The molecule has 0 aliphatic heterocycles. The number of anilines is 1.